The van der Waals surface area contributed by atoms with E-state index in [4.69, 9.17) is 0 Å². The minimum atomic E-state index is -4.05. The van der Waals surface area contributed by atoms with Gasteiger partial charge in [0.25, 0.3) is 0 Å². The normalized spacial score (nSPS) is 12.7. The molecule has 1 N–H and O–H groups in total. The molecule has 3 aromatic carbocycles. The van der Waals surface area contributed by atoms with Crippen molar-refractivity contribution in [3.8, 4) is 0 Å². The summed E-state index contributed by atoms with van der Waals surface area (Å²) >= 11 is 0.954. The molecule has 9 heteroatoms. The van der Waals surface area contributed by atoms with E-state index in [1.165, 1.54) is 6.07 Å². The van der Waals surface area contributed by atoms with E-state index in [1.807, 2.05) is 74.5 Å². The number of benzene rings is 3. The topological polar surface area (TPSA) is 92.3 Å². The number of nitrogens with zero attached hydrogens (tertiary/aromatic N) is 3. The minimum absolute atomic E-state index is 0.0174. The molecule has 0 aliphatic rings. The van der Waals surface area contributed by atoms with Crippen molar-refractivity contribution in [2.45, 2.75) is 43.8 Å². The molecule has 1 amide bonds. The molecule has 0 saturated heterocycles. The average molecular weight is 495 g/mol. The lowest BCUT2D eigenvalue weighted by Crippen LogP contribution is -2.51. The third kappa shape index (κ3) is 5.49. The van der Waals surface area contributed by atoms with E-state index in [2.05, 4.69) is 13.5 Å². The van der Waals surface area contributed by atoms with Gasteiger partial charge in [0.2, 0.25) is 15.9 Å². The fourth-order valence-electron chi connectivity index (χ4n) is 3.77. The smallest absolute Gasteiger partial charge is 0.243 e. The second kappa shape index (κ2) is 10.4. The Morgan fingerprint density at radius 2 is 1.56 bits per heavy atom. The van der Waals surface area contributed by atoms with E-state index in [1.54, 1.807) is 17.0 Å². The van der Waals surface area contributed by atoms with Gasteiger partial charge in [0, 0.05) is 12.6 Å². The molecule has 0 aliphatic carbocycles. The molecule has 4 aromatic rings. The molecule has 1 aromatic heterocycles. The summed E-state index contributed by atoms with van der Waals surface area (Å²) in [6.45, 7) is 4.24. The number of carbonyl (C=O) groups is 1. The van der Waals surface area contributed by atoms with Crippen molar-refractivity contribution in [1.29, 1.82) is 0 Å². The Kier molecular flexibility index (Phi) is 7.35. The van der Waals surface area contributed by atoms with Crippen LogP contribution in [-0.4, -0.2) is 40.1 Å². The highest BCUT2D eigenvalue weighted by Crippen LogP contribution is 2.22. The molecule has 0 bridgehead atoms. The zero-order chi connectivity index (χ0) is 24.1. The highest BCUT2D eigenvalue weighted by atomic mass is 32.2. The number of hydrogen-bond acceptors (Lipinski definition) is 6. The predicted molar refractivity (Wildman–Crippen MR) is 134 cm³/mol. The number of aromatic nitrogens is 2. The average Bonchev–Trinajstić information content (AvgIpc) is 3.32. The van der Waals surface area contributed by atoms with Crippen LogP contribution in [0.2, 0.25) is 0 Å². The second-order valence-electron chi connectivity index (χ2n) is 8.30. The summed E-state index contributed by atoms with van der Waals surface area (Å²) in [5, 5.41) is 0. The molecule has 0 fully saturated rings. The van der Waals surface area contributed by atoms with Crippen LogP contribution in [0.4, 0.5) is 0 Å². The molecule has 0 radical (unpaired) electrons. The first-order chi connectivity index (χ1) is 16.3. The van der Waals surface area contributed by atoms with E-state index in [9.17, 15) is 13.2 Å². The van der Waals surface area contributed by atoms with Crippen LogP contribution in [0.1, 0.15) is 25.0 Å². The fraction of sp³-hybridized carbons (Fsp3) is 0.240. The molecule has 1 atom stereocenters. The van der Waals surface area contributed by atoms with Crippen molar-refractivity contribution in [2.24, 2.45) is 0 Å². The van der Waals surface area contributed by atoms with Crippen LogP contribution in [0.25, 0.3) is 11.0 Å². The molecule has 176 valence electrons. The molecule has 1 heterocycles. The quantitative estimate of drug-likeness (QED) is 0.379. The van der Waals surface area contributed by atoms with Crippen LogP contribution in [0.3, 0.4) is 0 Å². The Balaban J connectivity index is 1.68. The summed E-state index contributed by atoms with van der Waals surface area (Å²) in [5.74, 6) is -0.283. The minimum Gasteiger partial charge on any atom is -0.335 e. The predicted octanol–water partition coefficient (Wildman–Crippen LogP) is 4.02. The summed E-state index contributed by atoms with van der Waals surface area (Å²) < 4.78 is 37.9. The first-order valence-corrected chi connectivity index (χ1v) is 13.2. The van der Waals surface area contributed by atoms with Gasteiger partial charge < -0.3 is 4.90 Å². The molecule has 0 spiro atoms. The van der Waals surface area contributed by atoms with Gasteiger partial charge in [-0.2, -0.15) is 13.5 Å². The van der Waals surface area contributed by atoms with Gasteiger partial charge in [0.05, 0.1) is 11.7 Å². The third-order valence-electron chi connectivity index (χ3n) is 5.52. The lowest BCUT2D eigenvalue weighted by Gasteiger charge is -2.31. The number of rotatable bonds is 9. The highest BCUT2D eigenvalue weighted by molar-refractivity contribution is 7.89. The molecular weight excluding hydrogens is 468 g/mol. The lowest BCUT2D eigenvalue weighted by molar-refractivity contribution is -0.135. The number of hydrogen-bond donors (Lipinski definition) is 1. The fourth-order valence-corrected chi connectivity index (χ4v) is 5.73. The van der Waals surface area contributed by atoms with E-state index < -0.39 is 16.1 Å². The highest BCUT2D eigenvalue weighted by Gasteiger charge is 2.32. The number of nitrogens with one attached hydrogen (secondary N) is 1. The van der Waals surface area contributed by atoms with Gasteiger partial charge in [-0.1, -0.05) is 66.7 Å². The van der Waals surface area contributed by atoms with E-state index in [-0.39, 0.29) is 23.3 Å². The molecule has 4 rings (SSSR count). The molecular formula is C25H26N4O3S2. The van der Waals surface area contributed by atoms with E-state index in [0.29, 0.717) is 17.6 Å². The SMILES string of the molecule is CC(C)N(Cc1ccccc1)C(=O)C(Cc1ccccc1)NS(=O)(=O)c1cccc2nsnc12. The Hall–Kier alpha value is -3.14. The van der Waals surface area contributed by atoms with Gasteiger partial charge in [0.15, 0.2) is 0 Å². The van der Waals surface area contributed by atoms with Crippen LogP contribution in [0.5, 0.6) is 0 Å². The van der Waals surface area contributed by atoms with Gasteiger partial charge in [-0.15, -0.1) is 0 Å². The van der Waals surface area contributed by atoms with Crippen molar-refractivity contribution >= 4 is 38.7 Å². The van der Waals surface area contributed by atoms with Crippen molar-refractivity contribution in [3.05, 3.63) is 90.0 Å². The summed E-state index contributed by atoms with van der Waals surface area (Å²) in [4.78, 5) is 15.5. The monoisotopic (exact) mass is 494 g/mol. The maximum Gasteiger partial charge on any atom is 0.243 e. The number of amides is 1. The summed E-state index contributed by atoms with van der Waals surface area (Å²) in [6, 6.07) is 22.8. The lowest BCUT2D eigenvalue weighted by atomic mass is 10.0. The number of carbonyl (C=O) groups excluding carboxylic acids is 1. The zero-order valence-corrected chi connectivity index (χ0v) is 20.6. The van der Waals surface area contributed by atoms with Gasteiger partial charge >= 0.3 is 0 Å². The van der Waals surface area contributed by atoms with Crippen LogP contribution in [0.15, 0.2) is 83.8 Å². The van der Waals surface area contributed by atoms with Gasteiger partial charge in [-0.25, -0.2) is 8.42 Å². The van der Waals surface area contributed by atoms with Crippen LogP contribution >= 0.6 is 11.7 Å². The first-order valence-electron chi connectivity index (χ1n) is 11.0. The van der Waals surface area contributed by atoms with Crippen molar-refractivity contribution in [2.75, 3.05) is 0 Å². The van der Waals surface area contributed by atoms with E-state index >= 15 is 0 Å². The largest absolute Gasteiger partial charge is 0.335 e. The Morgan fingerprint density at radius 3 is 2.21 bits per heavy atom. The van der Waals surface area contributed by atoms with Gasteiger partial charge in [0.1, 0.15) is 22.0 Å². The molecule has 1 unspecified atom stereocenters. The summed E-state index contributed by atoms with van der Waals surface area (Å²) in [6.07, 6.45) is 0.224. The Labute approximate surface area is 203 Å². The molecule has 0 saturated carbocycles. The number of sulfonamides is 1. The molecule has 7 nitrogen and oxygen atoms in total. The standard InChI is InChI=1S/C25H26N4O3S2/c1-18(2)29(17-20-12-7-4-8-13-20)25(30)22(16-19-10-5-3-6-11-19)28-34(31,32)23-15-9-14-21-24(23)27-33-26-21/h3-15,18,22,28H,16-17H2,1-2H3. The van der Waals surface area contributed by atoms with E-state index in [0.717, 1.165) is 22.9 Å². The zero-order valence-electron chi connectivity index (χ0n) is 19.0. The van der Waals surface area contributed by atoms with Crippen molar-refractivity contribution in [1.82, 2.24) is 18.4 Å². The summed E-state index contributed by atoms with van der Waals surface area (Å²) in [7, 11) is -4.05. The van der Waals surface area contributed by atoms with Crippen LogP contribution in [-0.2, 0) is 27.8 Å². The molecule has 0 aliphatic heterocycles. The summed E-state index contributed by atoms with van der Waals surface area (Å²) in [5.41, 5.74) is 2.65. The van der Waals surface area contributed by atoms with Gasteiger partial charge in [-0.3, -0.25) is 4.79 Å². The van der Waals surface area contributed by atoms with Gasteiger partial charge in [-0.05, 0) is 43.5 Å². The third-order valence-corrected chi connectivity index (χ3v) is 7.56. The Bertz CT molecular complexity index is 1360. The maximum atomic E-state index is 13.8. The van der Waals surface area contributed by atoms with Crippen molar-refractivity contribution < 1.29 is 13.2 Å². The maximum absolute atomic E-state index is 13.8. The Morgan fingerprint density at radius 1 is 0.912 bits per heavy atom. The number of fused-ring (bicyclic) bond motifs is 1. The first kappa shape index (κ1) is 24.0. The van der Waals surface area contributed by atoms with Crippen LogP contribution in [0, 0.1) is 0 Å². The van der Waals surface area contributed by atoms with Crippen molar-refractivity contribution in [3.63, 3.8) is 0 Å². The second-order valence-corrected chi connectivity index (χ2v) is 10.5. The molecule has 34 heavy (non-hydrogen) atoms. The van der Waals surface area contributed by atoms with Crippen LogP contribution < -0.4 is 4.72 Å².